The van der Waals surface area contributed by atoms with Gasteiger partial charge in [-0.3, -0.25) is 0 Å². The molecule has 1 aliphatic rings. The molecule has 0 aliphatic carbocycles. The molecule has 0 spiro atoms. The van der Waals surface area contributed by atoms with Gasteiger partial charge in [0.2, 0.25) is 5.88 Å². The Bertz CT molecular complexity index is 1110. The van der Waals surface area contributed by atoms with Crippen LogP contribution >= 0.6 is 0 Å². The number of pyridine rings is 1. The van der Waals surface area contributed by atoms with Crippen LogP contribution in [0.1, 0.15) is 0 Å². The number of carbonyl (C=O) groups excluding carboxylic acids is 1. The van der Waals surface area contributed by atoms with Crippen molar-refractivity contribution in [2.45, 2.75) is 6.36 Å². The van der Waals surface area contributed by atoms with Crippen LogP contribution in [-0.2, 0) is 0 Å². The van der Waals surface area contributed by atoms with E-state index >= 15 is 0 Å². The number of hydrogen-bond donors (Lipinski definition) is 3. The highest BCUT2D eigenvalue weighted by molar-refractivity contribution is 6.00. The maximum absolute atomic E-state index is 12.4. The fourth-order valence-electron chi connectivity index (χ4n) is 2.92. The molecule has 11 heteroatoms. The number of halogens is 3. The Morgan fingerprint density at radius 2 is 1.88 bits per heavy atom. The number of carbonyl (C=O) groups is 1. The number of benzene rings is 2. The molecule has 1 aliphatic heterocycles. The van der Waals surface area contributed by atoms with Gasteiger partial charge in [0.1, 0.15) is 29.5 Å². The number of ether oxygens (including phenoxy) is 3. The molecule has 8 nitrogen and oxygen atoms in total. The van der Waals surface area contributed by atoms with Gasteiger partial charge in [-0.1, -0.05) is 6.07 Å². The van der Waals surface area contributed by atoms with Gasteiger partial charge in [0.15, 0.2) is 5.75 Å². The van der Waals surface area contributed by atoms with Crippen molar-refractivity contribution >= 4 is 23.1 Å². The number of urea groups is 1. The summed E-state index contributed by atoms with van der Waals surface area (Å²) in [6, 6.07) is 12.7. The molecule has 2 heterocycles. The smallest absolute Gasteiger partial charge is 0.489 e. The van der Waals surface area contributed by atoms with Crippen LogP contribution in [0.2, 0.25) is 0 Å². The van der Waals surface area contributed by atoms with Gasteiger partial charge in [0, 0.05) is 18.4 Å². The molecule has 1 aromatic heterocycles. The highest BCUT2D eigenvalue weighted by Crippen LogP contribution is 2.39. The van der Waals surface area contributed by atoms with Gasteiger partial charge in [-0.15, -0.1) is 13.2 Å². The molecule has 2 amide bonds. The lowest BCUT2D eigenvalue weighted by atomic mass is 10.2. The fraction of sp³-hybridized carbons (Fsp3) is 0.143. The first-order chi connectivity index (χ1) is 15.4. The van der Waals surface area contributed by atoms with Crippen LogP contribution in [0.5, 0.6) is 23.1 Å². The van der Waals surface area contributed by atoms with E-state index < -0.39 is 18.1 Å². The normalized spacial score (nSPS) is 12.6. The zero-order chi connectivity index (χ0) is 22.6. The van der Waals surface area contributed by atoms with Crippen LogP contribution in [0.15, 0.2) is 60.8 Å². The van der Waals surface area contributed by atoms with Crippen LogP contribution in [0.4, 0.5) is 35.0 Å². The van der Waals surface area contributed by atoms with E-state index in [0.29, 0.717) is 30.3 Å². The topological polar surface area (TPSA) is 93.7 Å². The van der Waals surface area contributed by atoms with E-state index in [9.17, 15) is 18.0 Å². The number of fused-ring (bicyclic) bond motifs is 1. The summed E-state index contributed by atoms with van der Waals surface area (Å²) in [6.45, 7) is 1.16. The predicted molar refractivity (Wildman–Crippen MR) is 111 cm³/mol. The largest absolute Gasteiger partial charge is 0.573 e. The number of aromatic nitrogens is 1. The molecule has 0 unspecified atom stereocenters. The molecule has 0 fully saturated rings. The van der Waals surface area contributed by atoms with E-state index in [4.69, 9.17) is 9.47 Å². The summed E-state index contributed by atoms with van der Waals surface area (Å²) in [5.41, 5.74) is 1.24. The van der Waals surface area contributed by atoms with Gasteiger partial charge in [-0.25, -0.2) is 9.78 Å². The Morgan fingerprint density at radius 1 is 1.06 bits per heavy atom. The third kappa shape index (κ3) is 5.31. The molecule has 4 rings (SSSR count). The monoisotopic (exact) mass is 446 g/mol. The number of alkyl halides is 3. The van der Waals surface area contributed by atoms with E-state index in [-0.39, 0.29) is 17.3 Å². The van der Waals surface area contributed by atoms with Gasteiger partial charge < -0.3 is 30.2 Å². The highest BCUT2D eigenvalue weighted by Gasteiger charge is 2.31. The zero-order valence-electron chi connectivity index (χ0n) is 16.4. The second-order valence-corrected chi connectivity index (χ2v) is 6.51. The molecular weight excluding hydrogens is 429 g/mol. The fourth-order valence-corrected chi connectivity index (χ4v) is 2.92. The molecule has 0 bridgehead atoms. The first kappa shape index (κ1) is 21.1. The van der Waals surface area contributed by atoms with Crippen molar-refractivity contribution in [3.63, 3.8) is 0 Å². The van der Waals surface area contributed by atoms with Crippen molar-refractivity contribution in [1.29, 1.82) is 0 Å². The summed E-state index contributed by atoms with van der Waals surface area (Å²) in [7, 11) is 0. The average Bonchev–Trinajstić information content (AvgIpc) is 2.76. The van der Waals surface area contributed by atoms with Crippen molar-refractivity contribution in [3.8, 4) is 23.1 Å². The second-order valence-electron chi connectivity index (χ2n) is 6.51. The first-order valence-corrected chi connectivity index (χ1v) is 9.44. The van der Waals surface area contributed by atoms with Crippen molar-refractivity contribution in [1.82, 2.24) is 4.98 Å². The third-order valence-corrected chi connectivity index (χ3v) is 4.22. The molecule has 166 valence electrons. The quantitative estimate of drug-likeness (QED) is 0.498. The van der Waals surface area contributed by atoms with Crippen LogP contribution in [0, 0.1) is 0 Å². The third-order valence-electron chi connectivity index (χ3n) is 4.22. The summed E-state index contributed by atoms with van der Waals surface area (Å²) >= 11 is 0. The van der Waals surface area contributed by atoms with E-state index in [1.165, 1.54) is 18.3 Å². The minimum atomic E-state index is -4.79. The molecule has 0 radical (unpaired) electrons. The van der Waals surface area contributed by atoms with E-state index in [1.54, 1.807) is 24.3 Å². The molecule has 2 aromatic carbocycles. The van der Waals surface area contributed by atoms with Gasteiger partial charge in [0.05, 0.1) is 0 Å². The molecule has 32 heavy (non-hydrogen) atoms. The molecule has 0 saturated carbocycles. The summed E-state index contributed by atoms with van der Waals surface area (Å²) < 4.78 is 52.0. The Hall–Kier alpha value is -4.15. The van der Waals surface area contributed by atoms with Crippen molar-refractivity contribution < 1.29 is 32.2 Å². The molecule has 3 aromatic rings. The number of para-hydroxylation sites is 1. The number of anilines is 3. The number of nitrogens with zero attached hydrogens (tertiary/aromatic N) is 1. The Labute approximate surface area is 180 Å². The Balaban J connectivity index is 1.44. The van der Waals surface area contributed by atoms with E-state index in [2.05, 4.69) is 25.7 Å². The Morgan fingerprint density at radius 3 is 2.66 bits per heavy atom. The molecule has 3 N–H and O–H groups in total. The van der Waals surface area contributed by atoms with Gasteiger partial charge >= 0.3 is 12.4 Å². The number of amides is 2. The van der Waals surface area contributed by atoms with Gasteiger partial charge in [0.25, 0.3) is 0 Å². The summed E-state index contributed by atoms with van der Waals surface area (Å²) in [4.78, 5) is 16.6. The van der Waals surface area contributed by atoms with Gasteiger partial charge in [-0.05, 0) is 48.5 Å². The lowest BCUT2D eigenvalue weighted by Crippen LogP contribution is -2.20. The SMILES string of the molecule is O=C(Nc1ccc(OC(F)(F)F)cc1)Nc1cccnc1Oc1cccc2c1NCCO2. The van der Waals surface area contributed by atoms with Gasteiger partial charge in [-0.2, -0.15) is 0 Å². The zero-order valence-corrected chi connectivity index (χ0v) is 16.4. The molecular formula is C21H17F3N4O4. The minimum absolute atomic E-state index is 0.150. The number of hydrogen-bond acceptors (Lipinski definition) is 6. The summed E-state index contributed by atoms with van der Waals surface area (Å²) in [6.07, 6.45) is -3.28. The average molecular weight is 446 g/mol. The predicted octanol–water partition coefficient (Wildman–Crippen LogP) is 5.22. The lowest BCUT2D eigenvalue weighted by molar-refractivity contribution is -0.274. The lowest BCUT2D eigenvalue weighted by Gasteiger charge is -2.21. The summed E-state index contributed by atoms with van der Waals surface area (Å²) in [5, 5.41) is 8.34. The van der Waals surface area contributed by atoms with Crippen LogP contribution in [0.25, 0.3) is 0 Å². The second kappa shape index (κ2) is 8.92. The maximum atomic E-state index is 12.4. The van der Waals surface area contributed by atoms with E-state index in [1.807, 2.05) is 6.07 Å². The molecule has 0 atom stereocenters. The number of rotatable bonds is 5. The first-order valence-electron chi connectivity index (χ1n) is 9.44. The van der Waals surface area contributed by atoms with Crippen molar-refractivity contribution in [2.75, 3.05) is 29.1 Å². The van der Waals surface area contributed by atoms with Crippen LogP contribution < -0.4 is 30.2 Å². The van der Waals surface area contributed by atoms with E-state index in [0.717, 1.165) is 12.1 Å². The van der Waals surface area contributed by atoms with Crippen molar-refractivity contribution in [2.24, 2.45) is 0 Å². The Kier molecular flexibility index (Phi) is 5.88. The van der Waals surface area contributed by atoms with Crippen molar-refractivity contribution in [3.05, 3.63) is 60.8 Å². The minimum Gasteiger partial charge on any atom is -0.489 e. The number of nitrogens with one attached hydrogen (secondary N) is 3. The van der Waals surface area contributed by atoms with Crippen LogP contribution in [-0.4, -0.2) is 30.5 Å². The molecule has 0 saturated heterocycles. The van der Waals surface area contributed by atoms with Crippen LogP contribution in [0.3, 0.4) is 0 Å². The summed E-state index contributed by atoms with van der Waals surface area (Å²) in [5.74, 6) is 0.882. The standard InChI is InChI=1S/C21H17F3N4O4/c22-21(23,24)32-14-8-6-13(7-9-14)27-20(29)28-15-3-2-10-26-19(15)31-17-5-1-4-16-18(17)25-11-12-30-16/h1-10,25H,11-12H2,(H2,27,28,29). The highest BCUT2D eigenvalue weighted by atomic mass is 19.4. The maximum Gasteiger partial charge on any atom is 0.573 e.